The molecule has 2 atom stereocenters. The Bertz CT molecular complexity index is 620. The van der Waals surface area contributed by atoms with Gasteiger partial charge in [-0.05, 0) is 32.0 Å². The van der Waals surface area contributed by atoms with Gasteiger partial charge in [0.1, 0.15) is 11.5 Å². The summed E-state index contributed by atoms with van der Waals surface area (Å²) in [6, 6.07) is 10.8. The quantitative estimate of drug-likeness (QED) is 0.852. The molecule has 0 bridgehead atoms. The Morgan fingerprint density at radius 1 is 1.19 bits per heavy atom. The minimum atomic E-state index is -1.06. The van der Waals surface area contributed by atoms with E-state index in [0.29, 0.717) is 5.76 Å². The number of nitrogens with one attached hydrogen (secondary N) is 1. The van der Waals surface area contributed by atoms with Crippen molar-refractivity contribution in [3.05, 3.63) is 53.5 Å². The smallest absolute Gasteiger partial charge is 0.371 e. The highest BCUT2D eigenvalue weighted by Gasteiger charge is 2.18. The summed E-state index contributed by atoms with van der Waals surface area (Å²) >= 11 is 0. The van der Waals surface area contributed by atoms with Crippen LogP contribution in [-0.2, 0) is 0 Å². The fourth-order valence-electron chi connectivity index (χ4n) is 2.27. The zero-order chi connectivity index (χ0) is 15.4. The maximum atomic E-state index is 10.8. The van der Waals surface area contributed by atoms with Gasteiger partial charge in [-0.2, -0.15) is 0 Å². The van der Waals surface area contributed by atoms with Crippen LogP contribution in [0.5, 0.6) is 5.75 Å². The Balaban J connectivity index is 2.10. The number of furan rings is 1. The molecule has 1 aromatic heterocycles. The van der Waals surface area contributed by atoms with Gasteiger partial charge in [-0.1, -0.05) is 18.2 Å². The molecule has 0 saturated carbocycles. The number of carboxylic acid groups (broad SMARTS) is 1. The van der Waals surface area contributed by atoms with E-state index < -0.39 is 5.97 Å². The van der Waals surface area contributed by atoms with Crippen molar-refractivity contribution in [3.8, 4) is 5.75 Å². The van der Waals surface area contributed by atoms with E-state index in [1.54, 1.807) is 13.2 Å². The maximum absolute atomic E-state index is 10.8. The molecule has 2 rings (SSSR count). The number of rotatable bonds is 6. The SMILES string of the molecule is COc1ccccc1[C@@H](C)NC(C)c1ccc(C(=O)O)o1. The molecule has 112 valence electrons. The molecule has 0 aliphatic heterocycles. The van der Waals surface area contributed by atoms with Crippen molar-refractivity contribution < 1.29 is 19.1 Å². The Morgan fingerprint density at radius 2 is 1.90 bits per heavy atom. The largest absolute Gasteiger partial charge is 0.496 e. The third-order valence-corrected chi connectivity index (χ3v) is 3.37. The molecule has 1 aromatic carbocycles. The summed E-state index contributed by atoms with van der Waals surface area (Å²) in [6.45, 7) is 3.95. The van der Waals surface area contributed by atoms with Gasteiger partial charge in [0.25, 0.3) is 0 Å². The van der Waals surface area contributed by atoms with Crippen molar-refractivity contribution in [2.75, 3.05) is 7.11 Å². The number of hydrogen-bond acceptors (Lipinski definition) is 4. The van der Waals surface area contributed by atoms with E-state index in [0.717, 1.165) is 11.3 Å². The van der Waals surface area contributed by atoms with Gasteiger partial charge in [-0.3, -0.25) is 0 Å². The van der Waals surface area contributed by atoms with Crippen LogP contribution >= 0.6 is 0 Å². The summed E-state index contributed by atoms with van der Waals surface area (Å²) in [5.41, 5.74) is 1.04. The van der Waals surface area contributed by atoms with E-state index in [1.165, 1.54) is 6.07 Å². The summed E-state index contributed by atoms with van der Waals surface area (Å²) in [4.78, 5) is 10.8. The lowest BCUT2D eigenvalue weighted by Crippen LogP contribution is -2.22. The fourth-order valence-corrected chi connectivity index (χ4v) is 2.27. The zero-order valence-corrected chi connectivity index (χ0v) is 12.3. The molecule has 5 heteroatoms. The molecule has 1 unspecified atom stereocenters. The van der Waals surface area contributed by atoms with Crippen molar-refractivity contribution in [2.24, 2.45) is 0 Å². The predicted molar refractivity (Wildman–Crippen MR) is 78.6 cm³/mol. The second kappa shape index (κ2) is 6.45. The number of methoxy groups -OCH3 is 1. The summed E-state index contributed by atoms with van der Waals surface area (Å²) in [5.74, 6) is 0.291. The minimum Gasteiger partial charge on any atom is -0.496 e. The minimum absolute atomic E-state index is 0.0366. The first-order chi connectivity index (χ1) is 10.0. The Labute approximate surface area is 123 Å². The molecule has 0 aliphatic rings. The molecule has 0 radical (unpaired) electrons. The number of carboxylic acids is 1. The van der Waals surface area contributed by atoms with Gasteiger partial charge < -0.3 is 19.6 Å². The average molecular weight is 289 g/mol. The second-order valence-electron chi connectivity index (χ2n) is 4.86. The van der Waals surface area contributed by atoms with Crippen molar-refractivity contribution >= 4 is 5.97 Å². The summed E-state index contributed by atoms with van der Waals surface area (Å²) in [6.07, 6.45) is 0. The van der Waals surface area contributed by atoms with Crippen LogP contribution in [0.3, 0.4) is 0 Å². The van der Waals surface area contributed by atoms with Crippen molar-refractivity contribution in [1.82, 2.24) is 5.32 Å². The summed E-state index contributed by atoms with van der Waals surface area (Å²) in [7, 11) is 1.64. The highest BCUT2D eigenvalue weighted by atomic mass is 16.5. The Hall–Kier alpha value is -2.27. The normalized spacial score (nSPS) is 13.7. The molecule has 0 aliphatic carbocycles. The Morgan fingerprint density at radius 3 is 2.52 bits per heavy atom. The first kappa shape index (κ1) is 15.1. The molecule has 0 fully saturated rings. The number of benzene rings is 1. The molecule has 0 saturated heterocycles. The molecule has 0 spiro atoms. The summed E-state index contributed by atoms with van der Waals surface area (Å²) in [5, 5.41) is 12.3. The first-order valence-corrected chi connectivity index (χ1v) is 6.75. The topological polar surface area (TPSA) is 71.7 Å². The number of para-hydroxylation sites is 1. The third kappa shape index (κ3) is 3.44. The van der Waals surface area contributed by atoms with Crippen LogP contribution in [0.2, 0.25) is 0 Å². The first-order valence-electron chi connectivity index (χ1n) is 6.75. The van der Waals surface area contributed by atoms with Crippen LogP contribution in [0.1, 0.15) is 47.8 Å². The highest BCUT2D eigenvalue weighted by Crippen LogP contribution is 2.27. The van der Waals surface area contributed by atoms with Gasteiger partial charge in [0, 0.05) is 11.6 Å². The van der Waals surface area contributed by atoms with E-state index >= 15 is 0 Å². The average Bonchev–Trinajstić information content (AvgIpc) is 2.97. The van der Waals surface area contributed by atoms with Gasteiger partial charge in [0.15, 0.2) is 0 Å². The van der Waals surface area contributed by atoms with Crippen LogP contribution in [0.15, 0.2) is 40.8 Å². The lowest BCUT2D eigenvalue weighted by atomic mass is 10.1. The van der Waals surface area contributed by atoms with Gasteiger partial charge in [0.05, 0.1) is 13.2 Å². The number of carbonyl (C=O) groups is 1. The van der Waals surface area contributed by atoms with E-state index in [9.17, 15) is 4.79 Å². The standard InChI is InChI=1S/C16H19NO4/c1-10(12-6-4-5-7-14(12)20-3)17-11(2)13-8-9-15(21-13)16(18)19/h4-11,17H,1-3H3,(H,18,19)/t10-,11?/m1/s1. The van der Waals surface area contributed by atoms with Crippen LogP contribution in [0, 0.1) is 0 Å². The molecular formula is C16H19NO4. The van der Waals surface area contributed by atoms with E-state index in [2.05, 4.69) is 5.32 Å². The van der Waals surface area contributed by atoms with E-state index in [4.69, 9.17) is 14.3 Å². The van der Waals surface area contributed by atoms with E-state index in [-0.39, 0.29) is 17.8 Å². The van der Waals surface area contributed by atoms with E-state index in [1.807, 2.05) is 38.1 Å². The van der Waals surface area contributed by atoms with Crippen LogP contribution in [-0.4, -0.2) is 18.2 Å². The summed E-state index contributed by atoms with van der Waals surface area (Å²) < 4.78 is 10.7. The number of aromatic carboxylic acids is 1. The van der Waals surface area contributed by atoms with Crippen LogP contribution in [0.25, 0.3) is 0 Å². The molecule has 2 aromatic rings. The van der Waals surface area contributed by atoms with Gasteiger partial charge in [0.2, 0.25) is 5.76 Å². The predicted octanol–water partition coefficient (Wildman–Crippen LogP) is 3.40. The van der Waals surface area contributed by atoms with Gasteiger partial charge in [-0.25, -0.2) is 4.79 Å². The molecular weight excluding hydrogens is 270 g/mol. The monoisotopic (exact) mass is 289 g/mol. The molecule has 1 heterocycles. The second-order valence-corrected chi connectivity index (χ2v) is 4.86. The van der Waals surface area contributed by atoms with Gasteiger partial charge in [-0.15, -0.1) is 0 Å². The van der Waals surface area contributed by atoms with Crippen LogP contribution < -0.4 is 10.1 Å². The lowest BCUT2D eigenvalue weighted by Gasteiger charge is -2.20. The van der Waals surface area contributed by atoms with Crippen molar-refractivity contribution in [2.45, 2.75) is 25.9 Å². The fraction of sp³-hybridized carbons (Fsp3) is 0.312. The zero-order valence-electron chi connectivity index (χ0n) is 12.3. The molecule has 21 heavy (non-hydrogen) atoms. The molecule has 2 N–H and O–H groups in total. The van der Waals surface area contributed by atoms with Crippen molar-refractivity contribution in [1.29, 1.82) is 0 Å². The molecule has 0 amide bonds. The number of ether oxygens (including phenoxy) is 1. The number of hydrogen-bond donors (Lipinski definition) is 2. The highest BCUT2D eigenvalue weighted by molar-refractivity contribution is 5.84. The lowest BCUT2D eigenvalue weighted by molar-refractivity contribution is 0.0659. The Kier molecular flexibility index (Phi) is 4.65. The van der Waals surface area contributed by atoms with Crippen LogP contribution in [0.4, 0.5) is 0 Å². The maximum Gasteiger partial charge on any atom is 0.371 e. The van der Waals surface area contributed by atoms with Crippen molar-refractivity contribution in [3.63, 3.8) is 0 Å². The molecule has 5 nitrogen and oxygen atoms in total. The third-order valence-electron chi connectivity index (χ3n) is 3.37. The van der Waals surface area contributed by atoms with Gasteiger partial charge >= 0.3 is 5.97 Å².